The lowest BCUT2D eigenvalue weighted by Crippen LogP contribution is -2.14. The summed E-state index contributed by atoms with van der Waals surface area (Å²) in [6.07, 6.45) is 1.95. The number of carbonyl (C=O) groups excluding carboxylic acids is 1. The fourth-order valence-corrected chi connectivity index (χ4v) is 2.77. The minimum Gasteiger partial charge on any atom is -0.490 e. The molecule has 0 unspecified atom stereocenters. The lowest BCUT2D eigenvalue weighted by molar-refractivity contribution is 0.102. The molecule has 0 aliphatic carbocycles. The third-order valence-corrected chi connectivity index (χ3v) is 4.45. The molecule has 5 heteroatoms. The second kappa shape index (κ2) is 9.48. The molecular weight excluding hydrogens is 350 g/mol. The van der Waals surface area contributed by atoms with Crippen LogP contribution < -0.4 is 14.8 Å². The summed E-state index contributed by atoms with van der Waals surface area (Å²) in [7, 11) is 0. The highest BCUT2D eigenvalue weighted by atomic mass is 35.5. The first-order valence-electron chi connectivity index (χ1n) is 8.94. The topological polar surface area (TPSA) is 47.6 Å². The van der Waals surface area contributed by atoms with Gasteiger partial charge in [0.15, 0.2) is 11.5 Å². The number of amides is 1. The molecule has 0 heterocycles. The lowest BCUT2D eigenvalue weighted by atomic mass is 10.1. The highest BCUT2D eigenvalue weighted by Crippen LogP contribution is 2.37. The molecular formula is C21H26ClNO3. The maximum Gasteiger partial charge on any atom is 0.255 e. The van der Waals surface area contributed by atoms with Crippen LogP contribution in [0.25, 0.3) is 0 Å². The molecule has 0 aromatic heterocycles. The number of ether oxygens (including phenoxy) is 2. The van der Waals surface area contributed by atoms with Crippen LogP contribution in [0.5, 0.6) is 11.5 Å². The Hall–Kier alpha value is -2.20. The number of unbranched alkanes of at least 4 members (excludes halogenated alkanes) is 1. The van der Waals surface area contributed by atoms with E-state index in [0.29, 0.717) is 35.3 Å². The maximum absolute atomic E-state index is 12.7. The fraction of sp³-hybridized carbons (Fsp3) is 0.381. The summed E-state index contributed by atoms with van der Waals surface area (Å²) in [6.45, 7) is 8.99. The van der Waals surface area contributed by atoms with Gasteiger partial charge in [-0.25, -0.2) is 0 Å². The number of rotatable bonds is 8. The molecule has 0 atom stereocenters. The Morgan fingerprint density at radius 2 is 1.92 bits per heavy atom. The van der Waals surface area contributed by atoms with Crippen molar-refractivity contribution in [3.05, 3.63) is 52.0 Å². The van der Waals surface area contributed by atoms with Crippen molar-refractivity contribution in [2.45, 2.75) is 40.5 Å². The van der Waals surface area contributed by atoms with Gasteiger partial charge in [0, 0.05) is 11.3 Å². The van der Waals surface area contributed by atoms with Gasteiger partial charge in [-0.1, -0.05) is 37.1 Å². The highest BCUT2D eigenvalue weighted by Gasteiger charge is 2.17. The first kappa shape index (κ1) is 20.1. The third kappa shape index (κ3) is 4.92. The average molecular weight is 376 g/mol. The normalized spacial score (nSPS) is 10.5. The second-order valence-corrected chi connectivity index (χ2v) is 6.53. The molecule has 0 aliphatic rings. The van der Waals surface area contributed by atoms with Crippen LogP contribution in [0.1, 0.15) is 48.2 Å². The number of anilines is 1. The summed E-state index contributed by atoms with van der Waals surface area (Å²) in [5, 5.41) is 3.31. The van der Waals surface area contributed by atoms with Gasteiger partial charge in [-0.05, 0) is 56.5 Å². The van der Waals surface area contributed by atoms with Crippen LogP contribution in [-0.2, 0) is 0 Å². The molecule has 0 saturated heterocycles. The SMILES string of the molecule is CCCCOc1c(Cl)cc(C(=O)Nc2cccc(C)c2C)cc1OCC. The van der Waals surface area contributed by atoms with E-state index in [1.54, 1.807) is 12.1 Å². The van der Waals surface area contributed by atoms with E-state index in [9.17, 15) is 4.79 Å². The van der Waals surface area contributed by atoms with Crippen LogP contribution in [0.4, 0.5) is 5.69 Å². The molecule has 2 rings (SSSR count). The van der Waals surface area contributed by atoms with E-state index in [-0.39, 0.29) is 5.91 Å². The molecule has 0 bridgehead atoms. The van der Waals surface area contributed by atoms with Crippen molar-refractivity contribution in [3.63, 3.8) is 0 Å². The van der Waals surface area contributed by atoms with Crippen LogP contribution in [0.3, 0.4) is 0 Å². The second-order valence-electron chi connectivity index (χ2n) is 6.12. The minimum absolute atomic E-state index is 0.235. The fourth-order valence-electron chi connectivity index (χ4n) is 2.50. The number of aryl methyl sites for hydroxylation is 1. The van der Waals surface area contributed by atoms with Crippen LogP contribution in [0.15, 0.2) is 30.3 Å². The zero-order valence-electron chi connectivity index (χ0n) is 15.8. The Kier molecular flexibility index (Phi) is 7.34. The van der Waals surface area contributed by atoms with E-state index >= 15 is 0 Å². The number of carbonyl (C=O) groups is 1. The number of hydrogen-bond acceptors (Lipinski definition) is 3. The summed E-state index contributed by atoms with van der Waals surface area (Å²) in [5.41, 5.74) is 3.38. The van der Waals surface area contributed by atoms with Crippen molar-refractivity contribution in [1.82, 2.24) is 0 Å². The lowest BCUT2D eigenvalue weighted by Gasteiger charge is -2.16. The van der Waals surface area contributed by atoms with E-state index in [1.807, 2.05) is 39.0 Å². The number of nitrogens with one attached hydrogen (secondary N) is 1. The van der Waals surface area contributed by atoms with Gasteiger partial charge < -0.3 is 14.8 Å². The number of benzene rings is 2. The smallest absolute Gasteiger partial charge is 0.255 e. The molecule has 0 spiro atoms. The monoisotopic (exact) mass is 375 g/mol. The molecule has 26 heavy (non-hydrogen) atoms. The summed E-state index contributed by atoms with van der Waals surface area (Å²) >= 11 is 6.37. The molecule has 2 aromatic rings. The predicted octanol–water partition coefficient (Wildman–Crippen LogP) is 5.79. The first-order valence-corrected chi connectivity index (χ1v) is 9.32. The Bertz CT molecular complexity index is 774. The van der Waals surface area contributed by atoms with Gasteiger partial charge >= 0.3 is 0 Å². The average Bonchev–Trinajstić information content (AvgIpc) is 2.61. The molecule has 0 saturated carbocycles. The van der Waals surface area contributed by atoms with E-state index in [2.05, 4.69) is 12.2 Å². The molecule has 0 radical (unpaired) electrons. The molecule has 1 N–H and O–H groups in total. The van der Waals surface area contributed by atoms with Gasteiger partial charge in [0.1, 0.15) is 0 Å². The molecule has 0 aliphatic heterocycles. The van der Waals surface area contributed by atoms with Gasteiger partial charge in [-0.2, -0.15) is 0 Å². The molecule has 4 nitrogen and oxygen atoms in total. The van der Waals surface area contributed by atoms with Crippen molar-refractivity contribution in [1.29, 1.82) is 0 Å². The highest BCUT2D eigenvalue weighted by molar-refractivity contribution is 6.32. The van der Waals surface area contributed by atoms with E-state index in [4.69, 9.17) is 21.1 Å². The standard InChI is InChI=1S/C21H26ClNO3/c1-5-7-11-26-20-17(22)12-16(13-19(20)25-6-2)21(24)23-18-10-8-9-14(3)15(18)4/h8-10,12-13H,5-7,11H2,1-4H3,(H,23,24). The van der Waals surface area contributed by atoms with Crippen LogP contribution >= 0.6 is 11.6 Å². The van der Waals surface area contributed by atoms with Crippen LogP contribution in [-0.4, -0.2) is 19.1 Å². The number of halogens is 1. The zero-order valence-corrected chi connectivity index (χ0v) is 16.6. The van der Waals surface area contributed by atoms with E-state index in [0.717, 1.165) is 29.7 Å². The van der Waals surface area contributed by atoms with Gasteiger partial charge in [0.05, 0.1) is 18.2 Å². The Morgan fingerprint density at radius 1 is 1.15 bits per heavy atom. The minimum atomic E-state index is -0.235. The molecule has 1 amide bonds. The molecule has 0 fully saturated rings. The first-order chi connectivity index (χ1) is 12.5. The number of hydrogen-bond donors (Lipinski definition) is 1. The summed E-state index contributed by atoms with van der Waals surface area (Å²) in [6, 6.07) is 9.11. The molecule has 140 valence electrons. The van der Waals surface area contributed by atoms with E-state index in [1.165, 1.54) is 0 Å². The Labute approximate surface area is 160 Å². The molecule has 2 aromatic carbocycles. The Morgan fingerprint density at radius 3 is 2.62 bits per heavy atom. The Balaban J connectivity index is 2.28. The van der Waals surface area contributed by atoms with E-state index < -0.39 is 0 Å². The summed E-state index contributed by atoms with van der Waals surface area (Å²) < 4.78 is 11.4. The van der Waals surface area contributed by atoms with Crippen LogP contribution in [0, 0.1) is 13.8 Å². The van der Waals surface area contributed by atoms with Gasteiger partial charge in [0.25, 0.3) is 5.91 Å². The van der Waals surface area contributed by atoms with Crippen LogP contribution in [0.2, 0.25) is 5.02 Å². The summed E-state index contributed by atoms with van der Waals surface area (Å²) in [4.78, 5) is 12.7. The maximum atomic E-state index is 12.7. The zero-order chi connectivity index (χ0) is 19.1. The van der Waals surface area contributed by atoms with Crippen molar-refractivity contribution >= 4 is 23.2 Å². The van der Waals surface area contributed by atoms with Crippen molar-refractivity contribution in [2.75, 3.05) is 18.5 Å². The van der Waals surface area contributed by atoms with Gasteiger partial charge in [0.2, 0.25) is 0 Å². The van der Waals surface area contributed by atoms with Gasteiger partial charge in [-0.15, -0.1) is 0 Å². The quantitative estimate of drug-likeness (QED) is 0.594. The van der Waals surface area contributed by atoms with Crippen molar-refractivity contribution in [3.8, 4) is 11.5 Å². The third-order valence-electron chi connectivity index (χ3n) is 4.17. The predicted molar refractivity (Wildman–Crippen MR) is 107 cm³/mol. The summed E-state index contributed by atoms with van der Waals surface area (Å²) in [5.74, 6) is 0.745. The van der Waals surface area contributed by atoms with Crippen molar-refractivity contribution < 1.29 is 14.3 Å². The largest absolute Gasteiger partial charge is 0.490 e. The van der Waals surface area contributed by atoms with Crippen molar-refractivity contribution in [2.24, 2.45) is 0 Å². The van der Waals surface area contributed by atoms with Gasteiger partial charge in [-0.3, -0.25) is 4.79 Å².